The van der Waals surface area contributed by atoms with Crippen molar-refractivity contribution in [3.05, 3.63) is 103 Å². The molecule has 39 heavy (non-hydrogen) atoms. The molecule has 0 saturated heterocycles. The summed E-state index contributed by atoms with van der Waals surface area (Å²) in [7, 11) is 0. The van der Waals surface area contributed by atoms with Gasteiger partial charge < -0.3 is 32.7 Å². The standard InChI is InChI=1S/C16H18FN4.C13H22N2O.CH3.K/c1-12(2)14-11-21-20-9-5-8-18-16(14)19-10-13-6-3-4-7-15(13)17;16-9-7-5-3-1-2-4-6-8-13-10-14-12-15-11-13;;/h3-7,9,11-12,20-21H,10H2,1-2H3;10-12,16H,1-9H2;1H3;/q-1;;-1;+1. The molecule has 208 valence electrons. The molecular formula is C30H43FKN6O-. The van der Waals surface area contributed by atoms with Gasteiger partial charge in [-0.25, -0.2) is 14.4 Å². The molecule has 0 spiro atoms. The van der Waals surface area contributed by atoms with Gasteiger partial charge in [0.1, 0.15) is 12.1 Å². The number of unbranched alkanes of at least 4 members (excludes halogenated alkanes) is 6. The van der Waals surface area contributed by atoms with Gasteiger partial charge in [0.25, 0.3) is 0 Å². The molecule has 2 heterocycles. The van der Waals surface area contributed by atoms with Crippen molar-refractivity contribution in [3.8, 4) is 0 Å². The van der Waals surface area contributed by atoms with Crippen LogP contribution in [0.3, 0.4) is 0 Å². The summed E-state index contributed by atoms with van der Waals surface area (Å²) in [4.78, 5) is 16.7. The van der Waals surface area contributed by atoms with Crippen LogP contribution in [0, 0.1) is 19.4 Å². The van der Waals surface area contributed by atoms with Gasteiger partial charge in [-0.1, -0.05) is 76.5 Å². The van der Waals surface area contributed by atoms with Gasteiger partial charge in [-0.3, -0.25) is 0 Å². The van der Waals surface area contributed by atoms with Crippen molar-refractivity contribution in [3.63, 3.8) is 0 Å². The monoisotopic (exact) mass is 561 g/mol. The van der Waals surface area contributed by atoms with Gasteiger partial charge >= 0.3 is 51.4 Å². The van der Waals surface area contributed by atoms with Crippen molar-refractivity contribution in [1.82, 2.24) is 25.1 Å². The number of aryl methyl sites for hydroxylation is 1. The minimum absolute atomic E-state index is 0. The Morgan fingerprint density at radius 2 is 1.64 bits per heavy atom. The maximum absolute atomic E-state index is 13.6. The smallest absolute Gasteiger partial charge is 0.396 e. The van der Waals surface area contributed by atoms with E-state index in [1.54, 1.807) is 36.8 Å². The molecule has 9 heteroatoms. The average molecular weight is 562 g/mol. The Hall–Kier alpha value is -1.75. The fraction of sp³-hybridized carbons (Fsp3) is 0.433. The summed E-state index contributed by atoms with van der Waals surface area (Å²) in [5.74, 6) is -0.0324. The van der Waals surface area contributed by atoms with Crippen molar-refractivity contribution in [1.29, 1.82) is 0 Å². The van der Waals surface area contributed by atoms with Gasteiger partial charge in [-0.05, 0) is 42.4 Å². The number of halogens is 1. The number of nitrogens with zero attached hydrogens (tertiary/aromatic N) is 4. The number of aliphatic hydroxyl groups is 1. The second-order valence-corrected chi connectivity index (χ2v) is 9.04. The molecule has 2 aromatic heterocycles. The fourth-order valence-electron chi connectivity index (χ4n) is 3.60. The van der Waals surface area contributed by atoms with E-state index in [4.69, 9.17) is 5.11 Å². The Balaban J connectivity index is 0.000000729. The van der Waals surface area contributed by atoms with E-state index in [0.717, 1.165) is 18.4 Å². The summed E-state index contributed by atoms with van der Waals surface area (Å²) >= 11 is 0. The zero-order valence-corrected chi connectivity index (χ0v) is 27.2. The summed E-state index contributed by atoms with van der Waals surface area (Å²) in [6.45, 7) is 4.68. The van der Waals surface area contributed by atoms with Gasteiger partial charge in [-0.15, -0.1) is 6.07 Å². The number of aromatic nitrogens is 5. The van der Waals surface area contributed by atoms with Crippen LogP contribution >= 0.6 is 0 Å². The molecule has 0 aliphatic heterocycles. The topological polar surface area (TPSA) is 103 Å². The van der Waals surface area contributed by atoms with Gasteiger partial charge in [0, 0.05) is 30.8 Å². The number of benzene rings is 1. The molecule has 1 aromatic carbocycles. The Morgan fingerprint density at radius 3 is 2.31 bits per heavy atom. The van der Waals surface area contributed by atoms with E-state index in [-0.39, 0.29) is 77.1 Å². The number of rotatable bonds is 12. The van der Waals surface area contributed by atoms with Crippen LogP contribution in [0.4, 0.5) is 4.39 Å². The zero-order chi connectivity index (χ0) is 26.6. The molecule has 0 aliphatic rings. The molecule has 0 aliphatic carbocycles. The first-order valence-corrected chi connectivity index (χ1v) is 13.1. The molecular weight excluding hydrogens is 518 g/mol. The summed E-state index contributed by atoms with van der Waals surface area (Å²) in [6, 6.07) is 8.26. The minimum atomic E-state index is -0.257. The predicted molar refractivity (Wildman–Crippen MR) is 151 cm³/mol. The third-order valence-corrected chi connectivity index (χ3v) is 5.70. The summed E-state index contributed by atoms with van der Waals surface area (Å²) in [5, 5.41) is 14.4. The molecule has 0 atom stereocenters. The predicted octanol–water partition coefficient (Wildman–Crippen LogP) is 3.22. The van der Waals surface area contributed by atoms with Crippen LogP contribution in [-0.4, -0.2) is 36.9 Å². The molecule has 0 amide bonds. The molecule has 3 rings (SSSR count). The van der Waals surface area contributed by atoms with Crippen LogP contribution in [0.15, 0.2) is 66.4 Å². The second kappa shape index (κ2) is 24.1. The summed E-state index contributed by atoms with van der Waals surface area (Å²) in [5.41, 5.74) is 3.26. The summed E-state index contributed by atoms with van der Waals surface area (Å²) < 4.78 is 13.6. The molecule has 0 fully saturated rings. The van der Waals surface area contributed by atoms with Crippen LogP contribution in [0.5, 0.6) is 0 Å². The zero-order valence-electron chi connectivity index (χ0n) is 24.0. The molecule has 3 N–H and O–H groups in total. The molecule has 0 saturated carbocycles. The van der Waals surface area contributed by atoms with E-state index in [9.17, 15) is 4.39 Å². The molecule has 7 nitrogen and oxygen atoms in total. The van der Waals surface area contributed by atoms with Crippen LogP contribution in [0.2, 0.25) is 0 Å². The third-order valence-electron chi connectivity index (χ3n) is 5.70. The molecule has 0 unspecified atom stereocenters. The normalized spacial score (nSPS) is 10.5. The van der Waals surface area contributed by atoms with Crippen LogP contribution in [0.1, 0.15) is 81.4 Å². The van der Waals surface area contributed by atoms with Crippen molar-refractivity contribution in [2.45, 2.75) is 77.7 Å². The molecule has 3 aromatic rings. The van der Waals surface area contributed by atoms with E-state index in [1.165, 1.54) is 50.2 Å². The number of hydrogen-bond acceptors (Lipinski definition) is 5. The third kappa shape index (κ3) is 16.8. The van der Waals surface area contributed by atoms with Crippen LogP contribution in [-0.2, 0) is 13.0 Å². The maximum atomic E-state index is 13.6. The number of hydrogen-bond donors (Lipinski definition) is 3. The Morgan fingerprint density at radius 1 is 0.974 bits per heavy atom. The van der Waals surface area contributed by atoms with Gasteiger partial charge in [0.15, 0.2) is 0 Å². The summed E-state index contributed by atoms with van der Waals surface area (Å²) in [6.07, 6.45) is 21.2. The maximum Gasteiger partial charge on any atom is 1.00 e. The van der Waals surface area contributed by atoms with Crippen molar-refractivity contribution in [2.75, 3.05) is 6.61 Å². The van der Waals surface area contributed by atoms with Gasteiger partial charge in [0.2, 0.25) is 0 Å². The van der Waals surface area contributed by atoms with Gasteiger partial charge in [-0.2, -0.15) is 0 Å². The van der Waals surface area contributed by atoms with E-state index in [2.05, 4.69) is 36.3 Å². The SMILES string of the molecule is CC(C)c1c[nH][nH]cc[c-]nc1=NCc1ccccc1F.OCCCCCCCCCc1cncnc1.[CH3-].[K+]. The Bertz CT molecular complexity index is 1120. The Kier molecular flexibility index (Phi) is 23.0. The Labute approximate surface area is 276 Å². The van der Waals surface area contributed by atoms with Crippen molar-refractivity contribution >= 4 is 0 Å². The molecule has 0 radical (unpaired) electrons. The van der Waals surface area contributed by atoms with Crippen molar-refractivity contribution in [2.24, 2.45) is 4.99 Å². The van der Waals surface area contributed by atoms with E-state index < -0.39 is 0 Å². The number of aliphatic hydroxyl groups excluding tert-OH is 1. The number of H-pyrrole nitrogens is 2. The van der Waals surface area contributed by atoms with Crippen molar-refractivity contribution < 1.29 is 60.9 Å². The number of nitrogens with one attached hydrogen (secondary N) is 2. The average Bonchev–Trinajstić information content (AvgIpc) is 3.03. The first-order valence-electron chi connectivity index (χ1n) is 13.1. The quantitative estimate of drug-likeness (QED) is 0.180. The molecule has 0 bridgehead atoms. The first-order chi connectivity index (χ1) is 18.1. The van der Waals surface area contributed by atoms with E-state index in [0.29, 0.717) is 17.7 Å². The van der Waals surface area contributed by atoms with E-state index >= 15 is 0 Å². The fourth-order valence-corrected chi connectivity index (χ4v) is 3.60. The van der Waals surface area contributed by atoms with E-state index in [1.807, 2.05) is 32.4 Å². The van der Waals surface area contributed by atoms with Crippen LogP contribution < -0.4 is 56.9 Å². The minimum Gasteiger partial charge on any atom is -0.396 e. The van der Waals surface area contributed by atoms with Crippen LogP contribution in [0.25, 0.3) is 0 Å². The first kappa shape index (κ1) is 37.2. The second-order valence-electron chi connectivity index (χ2n) is 9.04. The largest absolute Gasteiger partial charge is 1.00 e. The van der Waals surface area contributed by atoms with Gasteiger partial charge in [0.05, 0.1) is 12.0 Å². The number of aromatic amines is 2.